The maximum atomic E-state index is 12.0. The second-order valence-electron chi connectivity index (χ2n) is 7.12. The van der Waals surface area contributed by atoms with Gasteiger partial charge >= 0.3 is 6.09 Å². The molecule has 0 radical (unpaired) electrons. The molecule has 25 heavy (non-hydrogen) atoms. The van der Waals surface area contributed by atoms with Crippen LogP contribution in [0.25, 0.3) is 11.0 Å². The molecule has 2 aromatic rings. The Kier molecular flexibility index (Phi) is 4.65. The SMILES string of the molecule is COc1nc2ccccc2nc1N1CC[C@@H](NC(=O)OC(C)(C)C)C1. The number of fused-ring (bicyclic) bond motifs is 1. The van der Waals surface area contributed by atoms with Crippen LogP contribution in [0.4, 0.5) is 10.6 Å². The highest BCUT2D eigenvalue weighted by molar-refractivity contribution is 5.77. The maximum absolute atomic E-state index is 12.0. The fraction of sp³-hybridized carbons (Fsp3) is 0.500. The number of amides is 1. The molecule has 7 heteroatoms. The van der Waals surface area contributed by atoms with Crippen molar-refractivity contribution in [1.29, 1.82) is 0 Å². The highest BCUT2D eigenvalue weighted by atomic mass is 16.6. The third kappa shape index (κ3) is 4.10. The van der Waals surface area contributed by atoms with Crippen molar-refractivity contribution in [2.24, 2.45) is 0 Å². The zero-order valence-electron chi connectivity index (χ0n) is 15.1. The minimum absolute atomic E-state index is 0.00725. The van der Waals surface area contributed by atoms with Crippen molar-refractivity contribution in [3.63, 3.8) is 0 Å². The van der Waals surface area contributed by atoms with Crippen molar-refractivity contribution < 1.29 is 14.3 Å². The molecule has 1 N–H and O–H groups in total. The van der Waals surface area contributed by atoms with Crippen LogP contribution in [-0.2, 0) is 4.74 Å². The van der Waals surface area contributed by atoms with E-state index < -0.39 is 11.7 Å². The molecule has 0 unspecified atom stereocenters. The van der Waals surface area contributed by atoms with Crippen LogP contribution in [0.1, 0.15) is 27.2 Å². The molecule has 1 fully saturated rings. The Morgan fingerprint density at radius 2 is 1.92 bits per heavy atom. The minimum atomic E-state index is -0.505. The van der Waals surface area contributed by atoms with Gasteiger partial charge in [-0.3, -0.25) is 0 Å². The van der Waals surface area contributed by atoms with E-state index in [9.17, 15) is 4.79 Å². The molecule has 1 saturated heterocycles. The average Bonchev–Trinajstić information content (AvgIpc) is 2.99. The van der Waals surface area contributed by atoms with E-state index in [2.05, 4.69) is 15.2 Å². The molecule has 0 bridgehead atoms. The van der Waals surface area contributed by atoms with Crippen LogP contribution in [-0.4, -0.2) is 47.9 Å². The number of carbonyl (C=O) groups is 1. The molecular formula is C18H24N4O3. The summed E-state index contributed by atoms with van der Waals surface area (Å²) in [4.78, 5) is 23.3. The van der Waals surface area contributed by atoms with Crippen molar-refractivity contribution in [2.45, 2.75) is 38.8 Å². The topological polar surface area (TPSA) is 76.6 Å². The first-order chi connectivity index (χ1) is 11.9. The minimum Gasteiger partial charge on any atom is -0.478 e. The van der Waals surface area contributed by atoms with Crippen LogP contribution in [0.15, 0.2) is 24.3 Å². The van der Waals surface area contributed by atoms with Crippen LogP contribution in [0.5, 0.6) is 5.88 Å². The third-order valence-corrected chi connectivity index (χ3v) is 3.92. The van der Waals surface area contributed by atoms with Crippen molar-refractivity contribution in [3.8, 4) is 5.88 Å². The lowest BCUT2D eigenvalue weighted by atomic mass is 10.2. The number of anilines is 1. The number of alkyl carbamates (subject to hydrolysis) is 1. The average molecular weight is 344 g/mol. The quantitative estimate of drug-likeness (QED) is 0.923. The summed E-state index contributed by atoms with van der Waals surface area (Å²) in [6.45, 7) is 6.96. The molecule has 1 aliphatic rings. The number of hydrogen-bond donors (Lipinski definition) is 1. The molecule has 1 atom stereocenters. The van der Waals surface area contributed by atoms with Crippen LogP contribution in [0, 0.1) is 0 Å². The summed E-state index contributed by atoms with van der Waals surface area (Å²) in [5.41, 5.74) is 1.11. The third-order valence-electron chi connectivity index (χ3n) is 3.92. The molecule has 1 amide bonds. The first-order valence-corrected chi connectivity index (χ1v) is 8.41. The fourth-order valence-electron chi connectivity index (χ4n) is 2.86. The fourth-order valence-corrected chi connectivity index (χ4v) is 2.86. The van der Waals surface area contributed by atoms with Gasteiger partial charge in [0.05, 0.1) is 24.2 Å². The zero-order chi connectivity index (χ0) is 18.0. The number of carbonyl (C=O) groups excluding carboxylic acids is 1. The second kappa shape index (κ2) is 6.74. The van der Waals surface area contributed by atoms with E-state index in [1.54, 1.807) is 7.11 Å². The van der Waals surface area contributed by atoms with Crippen LogP contribution >= 0.6 is 0 Å². The summed E-state index contributed by atoms with van der Waals surface area (Å²) in [7, 11) is 1.59. The number of benzene rings is 1. The van der Waals surface area contributed by atoms with Gasteiger partial charge in [-0.05, 0) is 39.3 Å². The second-order valence-corrected chi connectivity index (χ2v) is 7.12. The lowest BCUT2D eigenvalue weighted by Crippen LogP contribution is -2.40. The summed E-state index contributed by atoms with van der Waals surface area (Å²) in [6.07, 6.45) is 0.424. The highest BCUT2D eigenvalue weighted by Gasteiger charge is 2.29. The molecule has 0 aliphatic carbocycles. The van der Waals surface area contributed by atoms with Gasteiger partial charge < -0.3 is 19.7 Å². The van der Waals surface area contributed by atoms with Gasteiger partial charge in [-0.2, -0.15) is 0 Å². The highest BCUT2D eigenvalue weighted by Crippen LogP contribution is 2.29. The molecule has 3 rings (SSSR count). The Labute approximate surface area is 147 Å². The van der Waals surface area contributed by atoms with Gasteiger partial charge in [-0.1, -0.05) is 12.1 Å². The summed E-state index contributed by atoms with van der Waals surface area (Å²) in [5, 5.41) is 2.92. The Balaban J connectivity index is 1.73. The molecule has 1 aromatic carbocycles. The van der Waals surface area contributed by atoms with Crippen molar-refractivity contribution in [3.05, 3.63) is 24.3 Å². The first-order valence-electron chi connectivity index (χ1n) is 8.41. The van der Waals surface area contributed by atoms with E-state index >= 15 is 0 Å². The number of rotatable bonds is 3. The van der Waals surface area contributed by atoms with Gasteiger partial charge in [0.25, 0.3) is 5.88 Å². The van der Waals surface area contributed by atoms with Gasteiger partial charge in [-0.15, -0.1) is 0 Å². The molecule has 7 nitrogen and oxygen atoms in total. The Morgan fingerprint density at radius 3 is 2.56 bits per heavy atom. The Bertz CT molecular complexity index is 772. The van der Waals surface area contributed by atoms with Gasteiger partial charge in [0, 0.05) is 13.1 Å². The predicted octanol–water partition coefficient (Wildman–Crippen LogP) is 2.74. The van der Waals surface area contributed by atoms with Gasteiger partial charge in [0.2, 0.25) is 0 Å². The number of aromatic nitrogens is 2. The number of nitrogens with one attached hydrogen (secondary N) is 1. The number of nitrogens with zero attached hydrogens (tertiary/aromatic N) is 3. The molecule has 1 aliphatic heterocycles. The van der Waals surface area contributed by atoms with Crippen molar-refractivity contribution in [1.82, 2.24) is 15.3 Å². The molecule has 134 valence electrons. The number of para-hydroxylation sites is 2. The Morgan fingerprint density at radius 1 is 1.24 bits per heavy atom. The van der Waals surface area contributed by atoms with Crippen LogP contribution < -0.4 is 15.0 Å². The predicted molar refractivity (Wildman–Crippen MR) is 96.1 cm³/mol. The van der Waals surface area contributed by atoms with Crippen LogP contribution in [0.3, 0.4) is 0 Å². The lowest BCUT2D eigenvalue weighted by molar-refractivity contribution is 0.0509. The van der Waals surface area contributed by atoms with Gasteiger partial charge in [0.1, 0.15) is 5.60 Å². The number of hydrogen-bond acceptors (Lipinski definition) is 6. The first kappa shape index (κ1) is 17.3. The smallest absolute Gasteiger partial charge is 0.407 e. The van der Waals surface area contributed by atoms with E-state index in [-0.39, 0.29) is 6.04 Å². The van der Waals surface area contributed by atoms with Crippen molar-refractivity contribution in [2.75, 3.05) is 25.1 Å². The summed E-state index contributed by atoms with van der Waals surface area (Å²) >= 11 is 0. The van der Waals surface area contributed by atoms with E-state index in [0.29, 0.717) is 18.2 Å². The molecule has 1 aromatic heterocycles. The zero-order valence-corrected chi connectivity index (χ0v) is 15.1. The lowest BCUT2D eigenvalue weighted by Gasteiger charge is -2.22. The molecule has 0 saturated carbocycles. The molecular weight excluding hydrogens is 320 g/mol. The van der Waals surface area contributed by atoms with E-state index in [1.165, 1.54) is 0 Å². The number of ether oxygens (including phenoxy) is 2. The summed E-state index contributed by atoms with van der Waals surface area (Å²) < 4.78 is 10.7. The molecule has 0 spiro atoms. The maximum Gasteiger partial charge on any atom is 0.407 e. The summed E-state index contributed by atoms with van der Waals surface area (Å²) in [5.74, 6) is 1.20. The Hall–Kier alpha value is -2.57. The van der Waals surface area contributed by atoms with Gasteiger partial charge in [0.15, 0.2) is 5.82 Å². The largest absolute Gasteiger partial charge is 0.478 e. The van der Waals surface area contributed by atoms with E-state index in [0.717, 1.165) is 24.0 Å². The van der Waals surface area contributed by atoms with Crippen molar-refractivity contribution >= 4 is 22.9 Å². The van der Waals surface area contributed by atoms with Gasteiger partial charge in [-0.25, -0.2) is 14.8 Å². The van der Waals surface area contributed by atoms with E-state index in [4.69, 9.17) is 14.5 Å². The van der Waals surface area contributed by atoms with E-state index in [1.807, 2.05) is 45.0 Å². The standard InChI is InChI=1S/C18H24N4O3/c1-18(2,3)25-17(23)19-12-9-10-22(11-12)15-16(24-4)21-14-8-6-5-7-13(14)20-15/h5-8,12H,9-11H2,1-4H3,(H,19,23)/t12-/m1/s1. The normalized spacial score (nSPS) is 17.6. The molecule has 2 heterocycles. The summed E-state index contributed by atoms with van der Waals surface area (Å²) in [6, 6.07) is 7.70. The van der Waals surface area contributed by atoms with Crippen LogP contribution in [0.2, 0.25) is 0 Å². The monoisotopic (exact) mass is 344 g/mol. The number of methoxy groups -OCH3 is 1.